The van der Waals surface area contributed by atoms with Gasteiger partial charge in [-0.3, -0.25) is 0 Å². The summed E-state index contributed by atoms with van der Waals surface area (Å²) >= 11 is 0. The van der Waals surface area contributed by atoms with Crippen LogP contribution in [-0.4, -0.2) is 0 Å². The van der Waals surface area contributed by atoms with E-state index in [0.717, 1.165) is 42.5 Å². The van der Waals surface area contributed by atoms with Crippen molar-refractivity contribution >= 4 is 6.08 Å². The molecule has 1 aromatic rings. The second-order valence-corrected chi connectivity index (χ2v) is 9.91. The Morgan fingerprint density at radius 1 is 1.16 bits per heavy atom. The Morgan fingerprint density at radius 2 is 1.92 bits per heavy atom. The first kappa shape index (κ1) is 30.6. The normalized spacial score (nSPS) is 23.2. The van der Waals surface area contributed by atoms with E-state index < -0.39 is 0 Å². The molecule has 1 aromatic carbocycles. The maximum Gasteiger partial charge on any atom is 0.0359 e. The van der Waals surface area contributed by atoms with Gasteiger partial charge >= 0.3 is 0 Å². The fraction of sp³-hybridized carbons (Fsp3) is 0.297. The standard InChI is InChI=1S/C37H47N/c1-8-12-19-28(5)26-27-32(18-10-3)33-22-15-21-31(11-4)37(30(7)38)36(29(6)17-9-2)35-25-14-13-20-34(35)24-16-23-33/h8-9,11,13-18,20,22-28,36H,1,6,10,12,19,21,38H2,2-5,7H3/b17-9-,22-15-,24-16+,27-26+,31-11-,32-18+,33-23+,37-30+. The fourth-order valence-corrected chi connectivity index (χ4v) is 4.89. The lowest BCUT2D eigenvalue weighted by Gasteiger charge is -2.27. The SMILES string of the molecule is C=CCCC(C)/C=C/C(=C\CC)C1=C/C=C/c2ccccc2C(C(=C)/C=C\C)C(=C(\C)N)/C(=C\C)C/C=C\1. The van der Waals surface area contributed by atoms with Crippen molar-refractivity contribution in [2.24, 2.45) is 11.7 Å². The highest BCUT2D eigenvalue weighted by atomic mass is 14.6. The predicted molar refractivity (Wildman–Crippen MR) is 171 cm³/mol. The van der Waals surface area contributed by atoms with E-state index in [1.165, 1.54) is 27.8 Å². The molecular formula is C37H47N. The molecule has 1 aliphatic rings. The van der Waals surface area contributed by atoms with Gasteiger partial charge in [-0.2, -0.15) is 0 Å². The summed E-state index contributed by atoms with van der Waals surface area (Å²) in [6, 6.07) is 8.59. The third-order valence-corrected chi connectivity index (χ3v) is 6.84. The van der Waals surface area contributed by atoms with Gasteiger partial charge in [-0.05, 0) is 91.4 Å². The van der Waals surface area contributed by atoms with Crippen LogP contribution in [0.3, 0.4) is 0 Å². The molecule has 2 unspecified atom stereocenters. The van der Waals surface area contributed by atoms with Crippen LogP contribution in [0.4, 0.5) is 0 Å². The zero-order chi connectivity index (χ0) is 27.9. The van der Waals surface area contributed by atoms with Gasteiger partial charge in [-0.15, -0.1) is 6.58 Å². The number of nitrogens with two attached hydrogens (primary N) is 1. The highest BCUT2D eigenvalue weighted by molar-refractivity contribution is 5.63. The van der Waals surface area contributed by atoms with Gasteiger partial charge in [0.25, 0.3) is 0 Å². The van der Waals surface area contributed by atoms with Gasteiger partial charge in [0.05, 0.1) is 0 Å². The van der Waals surface area contributed by atoms with Crippen molar-refractivity contribution in [3.05, 3.63) is 149 Å². The topological polar surface area (TPSA) is 26.0 Å². The van der Waals surface area contributed by atoms with Crippen molar-refractivity contribution in [1.82, 2.24) is 0 Å². The zero-order valence-electron chi connectivity index (χ0n) is 24.2. The lowest BCUT2D eigenvalue weighted by atomic mass is 9.77. The molecule has 0 bridgehead atoms. The smallest absolute Gasteiger partial charge is 0.0359 e. The molecule has 0 amide bonds. The number of rotatable bonds is 9. The summed E-state index contributed by atoms with van der Waals surface area (Å²) in [5.41, 5.74) is 15.7. The van der Waals surface area contributed by atoms with E-state index in [2.05, 4.69) is 125 Å². The van der Waals surface area contributed by atoms with Crippen molar-refractivity contribution < 1.29 is 0 Å². The van der Waals surface area contributed by atoms with Crippen molar-refractivity contribution in [2.75, 3.05) is 0 Å². The summed E-state index contributed by atoms with van der Waals surface area (Å²) in [4.78, 5) is 0. The second-order valence-electron chi connectivity index (χ2n) is 9.91. The molecule has 0 radical (unpaired) electrons. The van der Waals surface area contributed by atoms with E-state index in [1.807, 2.05) is 19.9 Å². The van der Waals surface area contributed by atoms with E-state index in [1.54, 1.807) is 0 Å². The van der Waals surface area contributed by atoms with Crippen LogP contribution in [0, 0.1) is 5.92 Å². The first-order chi connectivity index (χ1) is 18.4. The Bertz CT molecular complexity index is 1200. The lowest BCUT2D eigenvalue weighted by molar-refractivity contribution is 0.658. The highest BCUT2D eigenvalue weighted by Crippen LogP contribution is 2.40. The molecule has 2 rings (SSSR count). The van der Waals surface area contributed by atoms with Gasteiger partial charge in [-0.25, -0.2) is 0 Å². The van der Waals surface area contributed by atoms with E-state index in [9.17, 15) is 0 Å². The largest absolute Gasteiger partial charge is 0.402 e. The summed E-state index contributed by atoms with van der Waals surface area (Å²) in [6.07, 6.45) is 30.3. The summed E-state index contributed by atoms with van der Waals surface area (Å²) in [7, 11) is 0. The van der Waals surface area contributed by atoms with Crippen LogP contribution in [0.1, 0.15) is 77.3 Å². The van der Waals surface area contributed by atoms with Crippen LogP contribution in [0.5, 0.6) is 0 Å². The average Bonchev–Trinajstić information content (AvgIpc) is 2.90. The molecule has 1 nitrogen and oxygen atoms in total. The molecule has 200 valence electrons. The van der Waals surface area contributed by atoms with E-state index in [-0.39, 0.29) is 5.92 Å². The number of hydrogen-bond acceptors (Lipinski definition) is 1. The molecular weight excluding hydrogens is 458 g/mol. The number of hydrogen-bond donors (Lipinski definition) is 1. The quantitative estimate of drug-likeness (QED) is 0.262. The second kappa shape index (κ2) is 16.3. The Morgan fingerprint density at radius 3 is 2.58 bits per heavy atom. The first-order valence-corrected chi connectivity index (χ1v) is 13.9. The maximum atomic E-state index is 6.61. The molecule has 0 saturated carbocycles. The Labute approximate surface area is 232 Å². The molecule has 1 heteroatoms. The number of fused-ring (bicyclic) bond motifs is 1. The minimum atomic E-state index is -0.0185. The van der Waals surface area contributed by atoms with Crippen LogP contribution in [0.2, 0.25) is 0 Å². The first-order valence-electron chi connectivity index (χ1n) is 13.9. The fourth-order valence-electron chi connectivity index (χ4n) is 4.89. The van der Waals surface area contributed by atoms with E-state index in [0.29, 0.717) is 5.92 Å². The minimum Gasteiger partial charge on any atom is -0.402 e. The van der Waals surface area contributed by atoms with E-state index >= 15 is 0 Å². The Kier molecular flexibility index (Phi) is 13.1. The lowest BCUT2D eigenvalue weighted by Crippen LogP contribution is -2.13. The molecule has 0 aliphatic heterocycles. The zero-order valence-corrected chi connectivity index (χ0v) is 24.2. The van der Waals surface area contributed by atoms with Gasteiger partial charge in [-0.1, -0.05) is 118 Å². The van der Waals surface area contributed by atoms with Gasteiger partial charge in [0.1, 0.15) is 0 Å². The third kappa shape index (κ3) is 8.77. The summed E-state index contributed by atoms with van der Waals surface area (Å²) in [6.45, 7) is 18.9. The van der Waals surface area contributed by atoms with Gasteiger partial charge in [0.2, 0.25) is 0 Å². The van der Waals surface area contributed by atoms with Crippen molar-refractivity contribution in [3.63, 3.8) is 0 Å². The maximum absolute atomic E-state index is 6.61. The Hall–Kier alpha value is -3.58. The minimum absolute atomic E-state index is 0.0185. The molecule has 0 aromatic heterocycles. The summed E-state index contributed by atoms with van der Waals surface area (Å²) < 4.78 is 0. The van der Waals surface area contributed by atoms with Crippen LogP contribution < -0.4 is 5.73 Å². The summed E-state index contributed by atoms with van der Waals surface area (Å²) in [5.74, 6) is 0.485. The van der Waals surface area contributed by atoms with Crippen molar-refractivity contribution in [2.45, 2.75) is 66.2 Å². The molecule has 38 heavy (non-hydrogen) atoms. The molecule has 0 saturated heterocycles. The molecule has 1 aliphatic carbocycles. The van der Waals surface area contributed by atoms with Gasteiger partial charge < -0.3 is 5.73 Å². The van der Waals surface area contributed by atoms with Crippen LogP contribution in [0.15, 0.2) is 138 Å². The van der Waals surface area contributed by atoms with Gasteiger partial charge in [0.15, 0.2) is 0 Å². The highest BCUT2D eigenvalue weighted by Gasteiger charge is 2.24. The molecule has 0 heterocycles. The number of allylic oxidation sites excluding steroid dienone is 17. The molecule has 2 atom stereocenters. The van der Waals surface area contributed by atoms with E-state index in [4.69, 9.17) is 5.73 Å². The monoisotopic (exact) mass is 505 g/mol. The molecule has 2 N–H and O–H groups in total. The third-order valence-electron chi connectivity index (χ3n) is 6.84. The van der Waals surface area contributed by atoms with Crippen molar-refractivity contribution in [1.29, 1.82) is 0 Å². The molecule has 0 spiro atoms. The average molecular weight is 506 g/mol. The van der Waals surface area contributed by atoms with Crippen LogP contribution >= 0.6 is 0 Å². The predicted octanol–water partition coefficient (Wildman–Crippen LogP) is 10.5. The number of benzene rings is 1. The van der Waals surface area contributed by atoms with Gasteiger partial charge in [0, 0.05) is 11.6 Å². The van der Waals surface area contributed by atoms with Crippen LogP contribution in [-0.2, 0) is 0 Å². The van der Waals surface area contributed by atoms with Crippen LogP contribution in [0.25, 0.3) is 6.08 Å². The van der Waals surface area contributed by atoms with Crippen molar-refractivity contribution in [3.8, 4) is 0 Å². The Balaban J connectivity index is 2.71. The molecule has 0 fully saturated rings. The summed E-state index contributed by atoms with van der Waals surface area (Å²) in [5, 5.41) is 0.